The van der Waals surface area contributed by atoms with Gasteiger partial charge >= 0.3 is 0 Å². The average molecular weight is 354 g/mol. The zero-order chi connectivity index (χ0) is 18.1. The molecule has 2 aromatic heterocycles. The SMILES string of the molecule is COc1ccc(N2CCc3nc(-c4ccccn4)ncc3C2)c(F)c1F. The van der Waals surface area contributed by atoms with E-state index in [4.69, 9.17) is 4.74 Å². The van der Waals surface area contributed by atoms with Crippen LogP contribution in [0.2, 0.25) is 0 Å². The number of pyridine rings is 1. The first-order valence-corrected chi connectivity index (χ1v) is 8.20. The van der Waals surface area contributed by atoms with E-state index in [1.54, 1.807) is 17.3 Å². The summed E-state index contributed by atoms with van der Waals surface area (Å²) < 4.78 is 33.2. The van der Waals surface area contributed by atoms with Crippen LogP contribution in [0.3, 0.4) is 0 Å². The van der Waals surface area contributed by atoms with Gasteiger partial charge in [0.15, 0.2) is 17.4 Å². The standard InChI is InChI=1S/C19H16F2N4O/c1-26-16-6-5-15(17(20)18(16)21)25-9-7-13-12(11-25)10-23-19(24-13)14-4-2-3-8-22-14/h2-6,8,10H,7,9,11H2,1H3. The number of rotatable bonds is 3. The second-order valence-corrected chi connectivity index (χ2v) is 5.97. The number of hydrogen-bond acceptors (Lipinski definition) is 5. The van der Waals surface area contributed by atoms with Crippen molar-refractivity contribution in [3.63, 3.8) is 0 Å². The lowest BCUT2D eigenvalue weighted by Gasteiger charge is -2.30. The lowest BCUT2D eigenvalue weighted by molar-refractivity contribution is 0.371. The van der Waals surface area contributed by atoms with Crippen molar-refractivity contribution in [3.05, 3.63) is 65.6 Å². The monoisotopic (exact) mass is 354 g/mol. The summed E-state index contributed by atoms with van der Waals surface area (Å²) in [5.41, 5.74) is 2.72. The highest BCUT2D eigenvalue weighted by molar-refractivity contribution is 5.54. The van der Waals surface area contributed by atoms with Crippen molar-refractivity contribution in [2.45, 2.75) is 13.0 Å². The van der Waals surface area contributed by atoms with E-state index in [1.807, 2.05) is 18.2 Å². The van der Waals surface area contributed by atoms with Gasteiger partial charge in [-0.25, -0.2) is 14.4 Å². The van der Waals surface area contributed by atoms with Gasteiger partial charge in [-0.3, -0.25) is 4.98 Å². The summed E-state index contributed by atoms with van der Waals surface area (Å²) in [4.78, 5) is 15.0. The third-order valence-electron chi connectivity index (χ3n) is 4.42. The van der Waals surface area contributed by atoms with Crippen molar-refractivity contribution in [2.75, 3.05) is 18.6 Å². The fraction of sp³-hybridized carbons (Fsp3) is 0.211. The highest BCUT2D eigenvalue weighted by Gasteiger charge is 2.24. The Hall–Kier alpha value is -3.09. The molecule has 1 aromatic carbocycles. The van der Waals surface area contributed by atoms with Crippen LogP contribution in [-0.4, -0.2) is 28.6 Å². The van der Waals surface area contributed by atoms with Crippen molar-refractivity contribution in [2.24, 2.45) is 0 Å². The van der Waals surface area contributed by atoms with Gasteiger partial charge < -0.3 is 9.64 Å². The largest absolute Gasteiger partial charge is 0.494 e. The third-order valence-corrected chi connectivity index (χ3v) is 4.42. The Morgan fingerprint density at radius 3 is 2.73 bits per heavy atom. The lowest BCUT2D eigenvalue weighted by Crippen LogP contribution is -2.32. The minimum atomic E-state index is -0.974. The summed E-state index contributed by atoms with van der Waals surface area (Å²) >= 11 is 0. The number of ether oxygens (including phenoxy) is 1. The first-order valence-electron chi connectivity index (χ1n) is 8.20. The zero-order valence-electron chi connectivity index (χ0n) is 14.1. The van der Waals surface area contributed by atoms with E-state index >= 15 is 0 Å². The van der Waals surface area contributed by atoms with Crippen LogP contribution in [0.4, 0.5) is 14.5 Å². The lowest BCUT2D eigenvalue weighted by atomic mass is 10.1. The predicted octanol–water partition coefficient (Wildman–Crippen LogP) is 3.39. The smallest absolute Gasteiger partial charge is 0.202 e. The van der Waals surface area contributed by atoms with Gasteiger partial charge in [-0.2, -0.15) is 4.39 Å². The Balaban J connectivity index is 1.62. The molecule has 0 spiro atoms. The van der Waals surface area contributed by atoms with Gasteiger partial charge in [-0.15, -0.1) is 0 Å². The molecule has 0 N–H and O–H groups in total. The van der Waals surface area contributed by atoms with Crippen molar-refractivity contribution >= 4 is 5.69 Å². The molecule has 1 aliphatic rings. The van der Waals surface area contributed by atoms with Crippen molar-refractivity contribution in [3.8, 4) is 17.3 Å². The van der Waals surface area contributed by atoms with Gasteiger partial charge in [-0.1, -0.05) is 6.07 Å². The number of methoxy groups -OCH3 is 1. The maximum absolute atomic E-state index is 14.4. The molecule has 4 rings (SSSR count). The number of hydrogen-bond donors (Lipinski definition) is 0. The molecule has 3 heterocycles. The molecule has 0 fully saturated rings. The van der Waals surface area contributed by atoms with E-state index < -0.39 is 11.6 Å². The maximum atomic E-state index is 14.4. The maximum Gasteiger partial charge on any atom is 0.202 e. The molecular weight excluding hydrogens is 338 g/mol. The van der Waals surface area contributed by atoms with Gasteiger partial charge in [0.2, 0.25) is 5.82 Å². The quantitative estimate of drug-likeness (QED) is 0.722. The molecule has 0 aliphatic carbocycles. The van der Waals surface area contributed by atoms with Crippen LogP contribution in [0.5, 0.6) is 5.75 Å². The summed E-state index contributed by atoms with van der Waals surface area (Å²) in [7, 11) is 1.31. The van der Waals surface area contributed by atoms with E-state index in [0.29, 0.717) is 31.0 Å². The summed E-state index contributed by atoms with van der Waals surface area (Å²) in [5.74, 6) is -1.41. The van der Waals surface area contributed by atoms with E-state index in [1.165, 1.54) is 19.2 Å². The molecule has 3 aromatic rings. The number of fused-ring (bicyclic) bond motifs is 1. The molecule has 1 aliphatic heterocycles. The number of benzene rings is 1. The Morgan fingerprint density at radius 2 is 1.96 bits per heavy atom. The van der Waals surface area contributed by atoms with Crippen molar-refractivity contribution in [1.82, 2.24) is 15.0 Å². The summed E-state index contributed by atoms with van der Waals surface area (Å²) in [6.07, 6.45) is 4.04. The van der Waals surface area contributed by atoms with Crippen LogP contribution < -0.4 is 9.64 Å². The van der Waals surface area contributed by atoms with Crippen LogP contribution in [0.1, 0.15) is 11.3 Å². The van der Waals surface area contributed by atoms with Gasteiger partial charge in [0.05, 0.1) is 18.5 Å². The number of halogens is 2. The van der Waals surface area contributed by atoms with Crippen LogP contribution in [-0.2, 0) is 13.0 Å². The van der Waals surface area contributed by atoms with Gasteiger partial charge in [0.1, 0.15) is 5.69 Å². The summed E-state index contributed by atoms with van der Waals surface area (Å²) in [6.45, 7) is 0.953. The van der Waals surface area contributed by atoms with Crippen LogP contribution in [0, 0.1) is 11.6 Å². The Labute approximate surface area is 149 Å². The Morgan fingerprint density at radius 1 is 1.08 bits per heavy atom. The molecule has 0 bridgehead atoms. The van der Waals surface area contributed by atoms with Gasteiger partial charge in [-0.05, 0) is 24.3 Å². The first kappa shape index (κ1) is 16.4. The minimum Gasteiger partial charge on any atom is -0.494 e. The molecule has 132 valence electrons. The minimum absolute atomic E-state index is 0.105. The molecule has 5 nitrogen and oxygen atoms in total. The van der Waals surface area contributed by atoms with E-state index in [-0.39, 0.29) is 11.4 Å². The number of anilines is 1. The fourth-order valence-corrected chi connectivity index (χ4v) is 3.06. The fourth-order valence-electron chi connectivity index (χ4n) is 3.06. The van der Waals surface area contributed by atoms with E-state index in [2.05, 4.69) is 15.0 Å². The number of aromatic nitrogens is 3. The van der Waals surface area contributed by atoms with E-state index in [0.717, 1.165) is 11.3 Å². The molecular formula is C19H16F2N4O. The van der Waals surface area contributed by atoms with Crippen LogP contribution in [0.15, 0.2) is 42.7 Å². The second kappa shape index (κ2) is 6.67. The highest BCUT2D eigenvalue weighted by Crippen LogP contribution is 2.31. The topological polar surface area (TPSA) is 51.1 Å². The molecule has 0 atom stereocenters. The molecule has 0 amide bonds. The van der Waals surface area contributed by atoms with Crippen molar-refractivity contribution in [1.29, 1.82) is 0 Å². The molecule has 0 radical (unpaired) electrons. The predicted molar refractivity (Wildman–Crippen MR) is 92.9 cm³/mol. The normalized spacial score (nSPS) is 13.4. The zero-order valence-corrected chi connectivity index (χ0v) is 14.1. The summed E-state index contributed by atoms with van der Waals surface area (Å²) in [6, 6.07) is 8.54. The van der Waals surface area contributed by atoms with Crippen molar-refractivity contribution < 1.29 is 13.5 Å². The summed E-state index contributed by atoms with van der Waals surface area (Å²) in [5, 5.41) is 0. The molecule has 0 saturated heterocycles. The third kappa shape index (κ3) is 2.85. The number of nitrogens with zero attached hydrogens (tertiary/aromatic N) is 4. The van der Waals surface area contributed by atoms with Crippen LogP contribution >= 0.6 is 0 Å². The first-order chi connectivity index (χ1) is 12.7. The Bertz CT molecular complexity index is 950. The molecule has 0 saturated carbocycles. The molecule has 0 unspecified atom stereocenters. The highest BCUT2D eigenvalue weighted by atomic mass is 19.2. The van der Waals surface area contributed by atoms with E-state index in [9.17, 15) is 8.78 Å². The molecule has 26 heavy (non-hydrogen) atoms. The van der Waals surface area contributed by atoms with Crippen LogP contribution in [0.25, 0.3) is 11.5 Å². The second-order valence-electron chi connectivity index (χ2n) is 5.97. The Kier molecular flexibility index (Phi) is 4.20. The van der Waals surface area contributed by atoms with Gasteiger partial charge in [0.25, 0.3) is 0 Å². The van der Waals surface area contributed by atoms with Gasteiger partial charge in [0, 0.05) is 37.5 Å². The molecule has 7 heteroatoms. The average Bonchev–Trinajstić information content (AvgIpc) is 2.70.